The molecule has 0 saturated heterocycles. The Balaban J connectivity index is 2.61. The number of nitrogens with one attached hydrogen (secondary N) is 2. The van der Waals surface area contributed by atoms with Crippen LogP contribution in [0.2, 0.25) is 0 Å². The van der Waals surface area contributed by atoms with Crippen molar-refractivity contribution < 1.29 is 32.8 Å². The normalized spacial score (nSPS) is 12.9. The van der Waals surface area contributed by atoms with E-state index in [2.05, 4.69) is 15.2 Å². The van der Waals surface area contributed by atoms with Gasteiger partial charge in [-0.1, -0.05) is 32.1 Å². The van der Waals surface area contributed by atoms with Gasteiger partial charge in [-0.3, -0.25) is 18.9 Å². The Morgan fingerprint density at radius 3 is 1.89 bits per heavy atom. The number of rotatable bonds is 11. The fourth-order valence-electron chi connectivity index (χ4n) is 3.26. The Morgan fingerprint density at radius 1 is 0.973 bits per heavy atom. The van der Waals surface area contributed by atoms with E-state index in [4.69, 9.17) is 19.6 Å². The SMILES string of the molecule is CCOC(=O)C(C)(C)NP(=O)(NC(C)(C)C(=O)OCC)c1ccc(-c2nc(N)sc2C(=O)C(C)(C)C)o1. The second-order valence-corrected chi connectivity index (χ2v) is 13.6. The average Bonchev–Trinajstić information content (AvgIpc) is 3.39. The van der Waals surface area contributed by atoms with Crippen LogP contribution >= 0.6 is 18.8 Å². The van der Waals surface area contributed by atoms with Gasteiger partial charge in [0.05, 0.1) is 13.2 Å². The van der Waals surface area contributed by atoms with Gasteiger partial charge in [-0.05, 0) is 53.7 Å². The highest BCUT2D eigenvalue weighted by molar-refractivity contribution is 7.67. The van der Waals surface area contributed by atoms with E-state index in [0.29, 0.717) is 4.88 Å². The molecule has 0 aromatic carbocycles. The number of esters is 2. The van der Waals surface area contributed by atoms with Gasteiger partial charge in [0.25, 0.3) is 7.44 Å². The van der Waals surface area contributed by atoms with Gasteiger partial charge in [0.15, 0.2) is 22.2 Å². The maximum absolute atomic E-state index is 14.5. The molecule has 4 N–H and O–H groups in total. The van der Waals surface area contributed by atoms with Gasteiger partial charge in [0, 0.05) is 5.41 Å². The predicted octanol–water partition coefficient (Wildman–Crippen LogP) is 3.90. The van der Waals surface area contributed by atoms with Gasteiger partial charge >= 0.3 is 11.9 Å². The maximum Gasteiger partial charge on any atom is 0.326 e. The summed E-state index contributed by atoms with van der Waals surface area (Å²) in [6.07, 6.45) is 0. The van der Waals surface area contributed by atoms with E-state index in [1.54, 1.807) is 34.6 Å². The molecule has 0 radical (unpaired) electrons. The molecule has 0 spiro atoms. The average molecular weight is 557 g/mol. The monoisotopic (exact) mass is 556 g/mol. The summed E-state index contributed by atoms with van der Waals surface area (Å²) in [6.45, 7) is 14.9. The first-order chi connectivity index (χ1) is 16.9. The summed E-state index contributed by atoms with van der Waals surface area (Å²) >= 11 is 1.03. The number of Topliss-reactive ketones (excluding diaryl/α,β-unsaturated/α-hetero) is 1. The molecule has 11 nitrogen and oxygen atoms in total. The van der Waals surface area contributed by atoms with Gasteiger partial charge in [-0.15, -0.1) is 0 Å². The van der Waals surface area contributed by atoms with Crippen molar-refractivity contribution in [3.63, 3.8) is 0 Å². The topological polar surface area (TPSA) is 163 Å². The molecule has 2 rings (SSSR count). The minimum Gasteiger partial charge on any atom is -0.465 e. The molecule has 13 heteroatoms. The summed E-state index contributed by atoms with van der Waals surface area (Å²) in [5, 5.41) is 5.80. The Hall–Kier alpha value is -2.53. The number of nitrogens with zero attached hydrogens (tertiary/aromatic N) is 1. The molecule has 0 aliphatic carbocycles. The van der Waals surface area contributed by atoms with Crippen LogP contribution in [0.4, 0.5) is 5.13 Å². The molecule has 2 aromatic rings. The smallest absolute Gasteiger partial charge is 0.326 e. The van der Waals surface area contributed by atoms with E-state index < -0.39 is 35.9 Å². The minimum atomic E-state index is -4.04. The van der Waals surface area contributed by atoms with E-state index in [1.165, 1.54) is 39.8 Å². The summed E-state index contributed by atoms with van der Waals surface area (Å²) in [4.78, 5) is 42.8. The number of thiazole rings is 1. The fourth-order valence-corrected chi connectivity index (χ4v) is 6.79. The van der Waals surface area contributed by atoms with E-state index in [-0.39, 0.29) is 41.1 Å². The Kier molecular flexibility index (Phi) is 9.18. The van der Waals surface area contributed by atoms with Crippen molar-refractivity contribution in [1.29, 1.82) is 0 Å². The quantitative estimate of drug-likeness (QED) is 0.209. The third-order valence-electron chi connectivity index (χ3n) is 5.11. The van der Waals surface area contributed by atoms with Crippen LogP contribution < -0.4 is 21.4 Å². The number of furan rings is 1. The van der Waals surface area contributed by atoms with E-state index in [0.717, 1.165) is 11.3 Å². The van der Waals surface area contributed by atoms with Crippen LogP contribution in [0.25, 0.3) is 11.5 Å². The van der Waals surface area contributed by atoms with Crippen molar-refractivity contribution in [2.45, 2.75) is 73.4 Å². The zero-order valence-corrected chi connectivity index (χ0v) is 24.5. The zero-order chi connectivity index (χ0) is 28.4. The van der Waals surface area contributed by atoms with Crippen molar-refractivity contribution in [2.24, 2.45) is 5.41 Å². The van der Waals surface area contributed by atoms with Crippen LogP contribution in [0.1, 0.15) is 72.0 Å². The van der Waals surface area contributed by atoms with Crippen molar-refractivity contribution >= 4 is 47.1 Å². The molecule has 0 aliphatic heterocycles. The van der Waals surface area contributed by atoms with Gasteiger partial charge in [0.1, 0.15) is 21.6 Å². The lowest BCUT2D eigenvalue weighted by Crippen LogP contribution is -2.55. The number of ether oxygens (including phenoxy) is 2. The fraction of sp³-hybridized carbons (Fsp3) is 0.583. The van der Waals surface area contributed by atoms with Crippen LogP contribution in [0, 0.1) is 5.41 Å². The molecule has 37 heavy (non-hydrogen) atoms. The highest BCUT2D eigenvalue weighted by Gasteiger charge is 2.45. The largest absolute Gasteiger partial charge is 0.465 e. The summed E-state index contributed by atoms with van der Waals surface area (Å²) in [7, 11) is -4.04. The first kappa shape index (κ1) is 30.7. The minimum absolute atomic E-state index is 0.0991. The van der Waals surface area contributed by atoms with Crippen LogP contribution in [-0.2, 0) is 23.6 Å². The number of carbonyl (C=O) groups excluding carboxylic acids is 3. The number of anilines is 1. The lowest BCUT2D eigenvalue weighted by atomic mass is 9.89. The molecule has 0 unspecified atom stereocenters. The molecule has 206 valence electrons. The number of nitrogens with two attached hydrogens (primary N) is 1. The second kappa shape index (κ2) is 11.1. The lowest BCUT2D eigenvalue weighted by Gasteiger charge is -2.34. The van der Waals surface area contributed by atoms with Crippen molar-refractivity contribution in [3.05, 3.63) is 17.0 Å². The number of hydrogen-bond donors (Lipinski definition) is 3. The van der Waals surface area contributed by atoms with Gasteiger partial charge in [0.2, 0.25) is 0 Å². The Labute approximate surface area is 221 Å². The van der Waals surface area contributed by atoms with E-state index in [1.807, 2.05) is 0 Å². The molecule has 0 fully saturated rings. The number of carbonyl (C=O) groups is 3. The number of aromatic nitrogens is 1. The Morgan fingerprint density at radius 2 is 1.46 bits per heavy atom. The third-order valence-corrected chi connectivity index (χ3v) is 8.60. The summed E-state index contributed by atoms with van der Waals surface area (Å²) in [5.74, 6) is -1.32. The molecule has 0 atom stereocenters. The summed E-state index contributed by atoms with van der Waals surface area (Å²) in [6, 6.07) is 2.94. The van der Waals surface area contributed by atoms with Gasteiger partial charge in [-0.25, -0.2) is 15.2 Å². The molecular weight excluding hydrogens is 519 g/mol. The summed E-state index contributed by atoms with van der Waals surface area (Å²) in [5.41, 5.74) is 2.46. The highest BCUT2D eigenvalue weighted by atomic mass is 32.1. The van der Waals surface area contributed by atoms with Crippen LogP contribution in [0.15, 0.2) is 16.5 Å². The van der Waals surface area contributed by atoms with Crippen LogP contribution in [0.3, 0.4) is 0 Å². The van der Waals surface area contributed by atoms with E-state index in [9.17, 15) is 18.9 Å². The first-order valence-electron chi connectivity index (χ1n) is 11.8. The number of nitrogen functional groups attached to an aromatic ring is 1. The molecular formula is C24H37N4O7PS. The molecule has 0 bridgehead atoms. The van der Waals surface area contributed by atoms with Gasteiger partial charge in [-0.2, -0.15) is 0 Å². The predicted molar refractivity (Wildman–Crippen MR) is 143 cm³/mol. The second-order valence-electron chi connectivity index (χ2n) is 10.5. The standard InChI is InChI=1S/C24H37N4O7PS/c1-10-33-19(30)23(6,7)27-36(32,28-24(8,9)20(31)34-11-2)15-13-12-14(35-15)16-17(37-21(25)26-16)18(29)22(3,4)5/h12-13H,10-11H2,1-9H3,(H2,25,26)(H2,27,28,32). The first-order valence-corrected chi connectivity index (χ1v) is 14.4. The van der Waals surface area contributed by atoms with Crippen molar-refractivity contribution in [3.8, 4) is 11.5 Å². The zero-order valence-electron chi connectivity index (χ0n) is 22.8. The highest BCUT2D eigenvalue weighted by Crippen LogP contribution is 2.43. The molecule has 2 heterocycles. The Bertz CT molecular complexity index is 1170. The number of hydrogen-bond acceptors (Lipinski definition) is 10. The molecule has 0 aliphatic rings. The number of ketones is 1. The third kappa shape index (κ3) is 7.07. The van der Waals surface area contributed by atoms with E-state index >= 15 is 0 Å². The van der Waals surface area contributed by atoms with Crippen LogP contribution in [-0.4, -0.2) is 47.0 Å². The molecule has 0 amide bonds. The van der Waals surface area contributed by atoms with Crippen molar-refractivity contribution in [2.75, 3.05) is 18.9 Å². The van der Waals surface area contributed by atoms with Crippen molar-refractivity contribution in [1.82, 2.24) is 15.2 Å². The van der Waals surface area contributed by atoms with Gasteiger partial charge < -0.3 is 19.6 Å². The van der Waals surface area contributed by atoms with Crippen LogP contribution in [0.5, 0.6) is 0 Å². The maximum atomic E-state index is 14.5. The molecule has 2 aromatic heterocycles. The lowest BCUT2D eigenvalue weighted by molar-refractivity contribution is -0.149. The summed E-state index contributed by atoms with van der Waals surface area (Å²) < 4.78 is 30.7. The molecule has 0 saturated carbocycles.